The number of ether oxygens (including phenoxy) is 1. The van der Waals surface area contributed by atoms with Crippen LogP contribution < -0.4 is 5.32 Å². The van der Waals surface area contributed by atoms with Crippen LogP contribution in [0.5, 0.6) is 0 Å². The van der Waals surface area contributed by atoms with Crippen LogP contribution in [0.2, 0.25) is 5.02 Å². The topological polar surface area (TPSA) is 58.6 Å². The van der Waals surface area contributed by atoms with Gasteiger partial charge in [0.15, 0.2) is 0 Å². The van der Waals surface area contributed by atoms with Crippen LogP contribution in [-0.2, 0) is 9.53 Å². The van der Waals surface area contributed by atoms with Crippen molar-refractivity contribution in [2.75, 3.05) is 19.8 Å². The zero-order valence-corrected chi connectivity index (χ0v) is 12.6. The highest BCUT2D eigenvalue weighted by atomic mass is 35.5. The van der Waals surface area contributed by atoms with Crippen LogP contribution >= 0.6 is 11.6 Å². The lowest BCUT2D eigenvalue weighted by molar-refractivity contribution is -0.125. The lowest BCUT2D eigenvalue weighted by Gasteiger charge is -2.32. The van der Waals surface area contributed by atoms with E-state index in [2.05, 4.69) is 5.32 Å². The van der Waals surface area contributed by atoms with Gasteiger partial charge in [0.05, 0.1) is 5.60 Å². The van der Waals surface area contributed by atoms with Crippen LogP contribution in [0.15, 0.2) is 24.3 Å². The fraction of sp³-hybridized carbons (Fsp3) is 0.562. The summed E-state index contributed by atoms with van der Waals surface area (Å²) in [4.78, 5) is 12.2. The average Bonchev–Trinajstić information content (AvgIpc) is 3.27. The van der Waals surface area contributed by atoms with Crippen molar-refractivity contribution in [2.24, 2.45) is 5.92 Å². The van der Waals surface area contributed by atoms with Gasteiger partial charge in [-0.05, 0) is 24.0 Å². The number of hydrogen-bond donors (Lipinski definition) is 2. The molecule has 1 saturated carbocycles. The second-order valence-corrected chi connectivity index (χ2v) is 6.43. The average molecular weight is 310 g/mol. The van der Waals surface area contributed by atoms with E-state index in [1.54, 1.807) is 0 Å². The Bertz CT molecular complexity index is 528. The fourth-order valence-electron chi connectivity index (χ4n) is 2.92. The Balaban J connectivity index is 1.53. The number of carbonyl (C=O) groups excluding carboxylic acids is 1. The quantitative estimate of drug-likeness (QED) is 0.895. The van der Waals surface area contributed by atoms with E-state index in [0.717, 1.165) is 17.0 Å². The zero-order valence-electron chi connectivity index (χ0n) is 11.8. The number of rotatable bonds is 4. The number of aliphatic hydroxyl groups is 1. The molecule has 2 aliphatic rings. The van der Waals surface area contributed by atoms with Crippen molar-refractivity contribution >= 4 is 17.5 Å². The normalized spacial score (nSPS) is 27.1. The monoisotopic (exact) mass is 309 g/mol. The van der Waals surface area contributed by atoms with Crippen molar-refractivity contribution in [3.05, 3.63) is 34.9 Å². The van der Waals surface area contributed by atoms with Gasteiger partial charge in [-0.15, -0.1) is 0 Å². The molecule has 1 heterocycles. The van der Waals surface area contributed by atoms with Gasteiger partial charge in [0.25, 0.3) is 0 Å². The molecule has 1 saturated heterocycles. The summed E-state index contributed by atoms with van der Waals surface area (Å²) in [5.41, 5.74) is 0.229. The van der Waals surface area contributed by atoms with Crippen molar-refractivity contribution in [1.82, 2.24) is 5.32 Å². The molecule has 114 valence electrons. The maximum absolute atomic E-state index is 12.2. The van der Waals surface area contributed by atoms with E-state index in [1.165, 1.54) is 0 Å². The highest BCUT2D eigenvalue weighted by Gasteiger charge is 2.45. The summed E-state index contributed by atoms with van der Waals surface area (Å²) in [6.45, 7) is 1.41. The zero-order chi connectivity index (χ0) is 14.9. The predicted molar refractivity (Wildman–Crippen MR) is 80.3 cm³/mol. The SMILES string of the molecule is O=C(NCC1(O)CCOCC1)C1CC1c1ccccc1Cl. The van der Waals surface area contributed by atoms with E-state index in [0.29, 0.717) is 32.6 Å². The van der Waals surface area contributed by atoms with Gasteiger partial charge in [-0.25, -0.2) is 0 Å². The Morgan fingerprint density at radius 2 is 2.10 bits per heavy atom. The van der Waals surface area contributed by atoms with E-state index < -0.39 is 5.60 Å². The van der Waals surface area contributed by atoms with Crippen molar-refractivity contribution in [1.29, 1.82) is 0 Å². The van der Waals surface area contributed by atoms with Crippen LogP contribution in [0.25, 0.3) is 0 Å². The largest absolute Gasteiger partial charge is 0.388 e. The minimum Gasteiger partial charge on any atom is -0.388 e. The summed E-state index contributed by atoms with van der Waals surface area (Å²) < 4.78 is 5.23. The van der Waals surface area contributed by atoms with E-state index in [1.807, 2.05) is 24.3 Å². The van der Waals surface area contributed by atoms with Crippen LogP contribution in [0.4, 0.5) is 0 Å². The molecule has 0 radical (unpaired) electrons. The first-order valence-corrected chi connectivity index (χ1v) is 7.79. The summed E-state index contributed by atoms with van der Waals surface area (Å²) >= 11 is 6.16. The van der Waals surface area contributed by atoms with Crippen LogP contribution in [-0.4, -0.2) is 36.4 Å². The standard InChI is InChI=1S/C16H20ClNO3/c17-14-4-2-1-3-11(14)12-9-13(12)15(19)18-10-16(20)5-7-21-8-6-16/h1-4,12-13,20H,5-10H2,(H,18,19). The molecule has 0 spiro atoms. The van der Waals surface area contributed by atoms with Gasteiger partial charge in [0.2, 0.25) is 5.91 Å². The van der Waals surface area contributed by atoms with Crippen molar-refractivity contribution in [3.8, 4) is 0 Å². The number of benzene rings is 1. The van der Waals surface area contributed by atoms with Gasteiger partial charge >= 0.3 is 0 Å². The molecule has 1 aromatic rings. The van der Waals surface area contributed by atoms with Crippen LogP contribution in [0.1, 0.15) is 30.7 Å². The van der Waals surface area contributed by atoms with Crippen molar-refractivity contribution in [2.45, 2.75) is 30.8 Å². The molecule has 2 fully saturated rings. The molecule has 2 unspecified atom stereocenters. The van der Waals surface area contributed by atoms with Gasteiger partial charge in [-0.2, -0.15) is 0 Å². The number of hydrogen-bond acceptors (Lipinski definition) is 3. The molecule has 2 atom stereocenters. The molecule has 4 nitrogen and oxygen atoms in total. The number of carbonyl (C=O) groups is 1. The van der Waals surface area contributed by atoms with E-state index in [9.17, 15) is 9.90 Å². The summed E-state index contributed by atoms with van der Waals surface area (Å²) in [5.74, 6) is 0.205. The van der Waals surface area contributed by atoms with Gasteiger partial charge in [-0.1, -0.05) is 29.8 Å². The first kappa shape index (κ1) is 14.8. The van der Waals surface area contributed by atoms with Crippen molar-refractivity contribution in [3.63, 3.8) is 0 Å². The van der Waals surface area contributed by atoms with Gasteiger partial charge in [0, 0.05) is 43.5 Å². The Labute approximate surface area is 129 Å². The van der Waals surface area contributed by atoms with Crippen LogP contribution in [0, 0.1) is 5.92 Å². The fourth-order valence-corrected chi connectivity index (χ4v) is 3.19. The molecular formula is C16H20ClNO3. The number of nitrogens with one attached hydrogen (secondary N) is 1. The second-order valence-electron chi connectivity index (χ2n) is 6.02. The molecule has 0 bridgehead atoms. The minimum atomic E-state index is -0.817. The van der Waals surface area contributed by atoms with Gasteiger partial charge < -0.3 is 15.2 Å². The maximum atomic E-state index is 12.2. The molecule has 2 N–H and O–H groups in total. The highest BCUT2D eigenvalue weighted by Crippen LogP contribution is 2.49. The maximum Gasteiger partial charge on any atom is 0.223 e. The smallest absolute Gasteiger partial charge is 0.223 e. The molecular weight excluding hydrogens is 290 g/mol. The summed E-state index contributed by atoms with van der Waals surface area (Å²) in [5, 5.41) is 13.9. The lowest BCUT2D eigenvalue weighted by atomic mass is 9.94. The molecule has 3 rings (SSSR count). The third-order valence-corrected chi connectivity index (χ3v) is 4.79. The van der Waals surface area contributed by atoms with E-state index >= 15 is 0 Å². The highest BCUT2D eigenvalue weighted by molar-refractivity contribution is 6.31. The molecule has 0 aromatic heterocycles. The third kappa shape index (κ3) is 3.39. The Morgan fingerprint density at radius 1 is 1.38 bits per heavy atom. The number of amides is 1. The molecule has 5 heteroatoms. The molecule has 1 aliphatic carbocycles. The summed E-state index contributed by atoms with van der Waals surface area (Å²) in [6, 6.07) is 7.67. The minimum absolute atomic E-state index is 0.0137. The molecule has 1 aliphatic heterocycles. The van der Waals surface area contributed by atoms with Gasteiger partial charge in [-0.3, -0.25) is 4.79 Å². The molecule has 1 amide bonds. The second kappa shape index (κ2) is 5.95. The molecule has 21 heavy (non-hydrogen) atoms. The first-order chi connectivity index (χ1) is 10.1. The summed E-state index contributed by atoms with van der Waals surface area (Å²) in [6.07, 6.45) is 1.98. The van der Waals surface area contributed by atoms with E-state index in [-0.39, 0.29) is 17.7 Å². The van der Waals surface area contributed by atoms with Crippen molar-refractivity contribution < 1.29 is 14.6 Å². The van der Waals surface area contributed by atoms with Gasteiger partial charge in [0.1, 0.15) is 0 Å². The Hall–Kier alpha value is -1.10. The third-order valence-electron chi connectivity index (χ3n) is 4.45. The lowest BCUT2D eigenvalue weighted by Crippen LogP contribution is -2.47. The Kier molecular flexibility index (Phi) is 4.20. The Morgan fingerprint density at radius 3 is 2.81 bits per heavy atom. The van der Waals surface area contributed by atoms with Crippen LogP contribution in [0.3, 0.4) is 0 Å². The molecule has 1 aromatic carbocycles. The predicted octanol–water partition coefficient (Wildman–Crippen LogP) is 2.10. The van der Waals surface area contributed by atoms with E-state index in [4.69, 9.17) is 16.3 Å². The number of halogens is 1. The first-order valence-electron chi connectivity index (χ1n) is 7.41. The summed E-state index contributed by atoms with van der Waals surface area (Å²) in [7, 11) is 0.